The number of carboxylic acid groups (broad SMARTS) is 1. The fourth-order valence-electron chi connectivity index (χ4n) is 1.83. The minimum atomic E-state index is -1.01. The Labute approximate surface area is 98.7 Å². The van der Waals surface area contributed by atoms with Gasteiger partial charge < -0.3 is 20.1 Å². The molecule has 0 aromatic heterocycles. The number of nitrogens with zero attached hydrogens (tertiary/aromatic N) is 1. The van der Waals surface area contributed by atoms with E-state index in [1.807, 2.05) is 0 Å². The molecule has 1 saturated heterocycles. The smallest absolute Gasteiger partial charge is 0.407 e. The molecule has 17 heavy (non-hydrogen) atoms. The molecular formula is C10H16N2O5. The van der Waals surface area contributed by atoms with E-state index in [4.69, 9.17) is 5.11 Å². The third kappa shape index (κ3) is 3.08. The average Bonchev–Trinajstić information content (AvgIpc) is 2.76. The van der Waals surface area contributed by atoms with Gasteiger partial charge in [0.25, 0.3) is 0 Å². The molecule has 1 aliphatic rings. The molecule has 0 unspecified atom stereocenters. The monoisotopic (exact) mass is 244 g/mol. The SMILES string of the molecule is COC(=O)N[C@@H](C)C(=O)N1CCC[C@H]1C(=O)O. The number of rotatable bonds is 3. The number of ether oxygens (including phenoxy) is 1. The highest BCUT2D eigenvalue weighted by molar-refractivity contribution is 5.89. The first kappa shape index (κ1) is 13.3. The molecule has 0 radical (unpaired) electrons. The van der Waals surface area contributed by atoms with Crippen LogP contribution in [-0.2, 0) is 14.3 Å². The molecule has 0 saturated carbocycles. The molecule has 2 amide bonds. The van der Waals surface area contributed by atoms with Crippen LogP contribution in [0.15, 0.2) is 0 Å². The number of methoxy groups -OCH3 is 1. The first-order valence-electron chi connectivity index (χ1n) is 5.35. The quantitative estimate of drug-likeness (QED) is 0.717. The van der Waals surface area contributed by atoms with E-state index in [0.29, 0.717) is 19.4 Å². The van der Waals surface area contributed by atoms with E-state index < -0.39 is 30.1 Å². The Morgan fingerprint density at radius 3 is 2.65 bits per heavy atom. The molecule has 2 atom stereocenters. The van der Waals surface area contributed by atoms with Crippen LogP contribution in [0.4, 0.5) is 4.79 Å². The second-order valence-electron chi connectivity index (χ2n) is 3.89. The molecule has 1 heterocycles. The zero-order chi connectivity index (χ0) is 13.0. The molecular weight excluding hydrogens is 228 g/mol. The van der Waals surface area contributed by atoms with E-state index in [1.165, 1.54) is 18.9 Å². The Balaban J connectivity index is 2.62. The van der Waals surface area contributed by atoms with Crippen molar-refractivity contribution in [2.24, 2.45) is 0 Å². The van der Waals surface area contributed by atoms with E-state index in [0.717, 1.165) is 0 Å². The van der Waals surface area contributed by atoms with Crippen LogP contribution < -0.4 is 5.32 Å². The van der Waals surface area contributed by atoms with Crippen LogP contribution in [0.5, 0.6) is 0 Å². The molecule has 2 N–H and O–H groups in total. The Bertz CT molecular complexity index is 331. The number of carbonyl (C=O) groups is 3. The zero-order valence-corrected chi connectivity index (χ0v) is 9.80. The number of amides is 2. The van der Waals surface area contributed by atoms with Crippen LogP contribution in [0, 0.1) is 0 Å². The van der Waals surface area contributed by atoms with Gasteiger partial charge in [0.1, 0.15) is 12.1 Å². The molecule has 0 bridgehead atoms. The summed E-state index contributed by atoms with van der Waals surface area (Å²) in [5.41, 5.74) is 0. The minimum absolute atomic E-state index is 0.402. The van der Waals surface area contributed by atoms with Crippen molar-refractivity contribution in [3.63, 3.8) is 0 Å². The maximum absolute atomic E-state index is 11.9. The number of carboxylic acids is 1. The Morgan fingerprint density at radius 2 is 2.12 bits per heavy atom. The molecule has 0 aliphatic carbocycles. The summed E-state index contributed by atoms with van der Waals surface area (Å²) in [6, 6.07) is -1.58. The Morgan fingerprint density at radius 1 is 1.47 bits per heavy atom. The van der Waals surface area contributed by atoms with Gasteiger partial charge in [-0.2, -0.15) is 0 Å². The third-order valence-electron chi connectivity index (χ3n) is 2.71. The average molecular weight is 244 g/mol. The van der Waals surface area contributed by atoms with Gasteiger partial charge in [-0.15, -0.1) is 0 Å². The lowest BCUT2D eigenvalue weighted by molar-refractivity contribution is -0.148. The lowest BCUT2D eigenvalue weighted by atomic mass is 10.2. The van der Waals surface area contributed by atoms with Crippen LogP contribution in [0.25, 0.3) is 0 Å². The van der Waals surface area contributed by atoms with Gasteiger partial charge in [-0.25, -0.2) is 9.59 Å². The van der Waals surface area contributed by atoms with E-state index in [2.05, 4.69) is 10.1 Å². The fraction of sp³-hybridized carbons (Fsp3) is 0.700. The predicted molar refractivity (Wildman–Crippen MR) is 57.4 cm³/mol. The summed E-state index contributed by atoms with van der Waals surface area (Å²) in [6.07, 6.45) is 0.400. The molecule has 0 aromatic rings. The van der Waals surface area contributed by atoms with Crippen molar-refractivity contribution < 1.29 is 24.2 Å². The first-order chi connectivity index (χ1) is 7.97. The van der Waals surface area contributed by atoms with Crippen molar-refractivity contribution in [3.8, 4) is 0 Å². The topological polar surface area (TPSA) is 95.9 Å². The van der Waals surface area contributed by atoms with Crippen molar-refractivity contribution in [1.29, 1.82) is 0 Å². The van der Waals surface area contributed by atoms with Gasteiger partial charge >= 0.3 is 12.1 Å². The Hall–Kier alpha value is -1.79. The molecule has 0 aromatic carbocycles. The predicted octanol–water partition coefficient (Wildman–Crippen LogP) is -0.194. The lowest BCUT2D eigenvalue weighted by Gasteiger charge is -2.24. The molecule has 1 rings (SSSR count). The van der Waals surface area contributed by atoms with Crippen LogP contribution >= 0.6 is 0 Å². The number of nitrogens with one attached hydrogen (secondary N) is 1. The van der Waals surface area contributed by atoms with Crippen LogP contribution in [-0.4, -0.2) is 53.7 Å². The number of alkyl carbamates (subject to hydrolysis) is 1. The first-order valence-corrected chi connectivity index (χ1v) is 5.35. The molecule has 7 heteroatoms. The van der Waals surface area contributed by atoms with Gasteiger partial charge in [0.05, 0.1) is 7.11 Å². The van der Waals surface area contributed by atoms with Crippen molar-refractivity contribution >= 4 is 18.0 Å². The summed E-state index contributed by atoms with van der Waals surface area (Å²) in [5, 5.41) is 11.3. The van der Waals surface area contributed by atoms with Gasteiger partial charge in [-0.1, -0.05) is 0 Å². The summed E-state index contributed by atoms with van der Waals surface area (Å²) in [5.74, 6) is -1.42. The number of likely N-dealkylation sites (tertiary alicyclic amines) is 1. The van der Waals surface area contributed by atoms with Crippen LogP contribution in [0.3, 0.4) is 0 Å². The van der Waals surface area contributed by atoms with E-state index in [9.17, 15) is 14.4 Å². The molecule has 96 valence electrons. The highest BCUT2D eigenvalue weighted by atomic mass is 16.5. The maximum atomic E-state index is 11.9. The second-order valence-corrected chi connectivity index (χ2v) is 3.89. The largest absolute Gasteiger partial charge is 0.480 e. The van der Waals surface area contributed by atoms with Gasteiger partial charge in [-0.05, 0) is 19.8 Å². The van der Waals surface area contributed by atoms with Gasteiger partial charge in [0, 0.05) is 6.54 Å². The van der Waals surface area contributed by atoms with E-state index in [1.54, 1.807) is 0 Å². The van der Waals surface area contributed by atoms with Crippen molar-refractivity contribution in [1.82, 2.24) is 10.2 Å². The van der Waals surface area contributed by atoms with Crippen molar-refractivity contribution in [2.45, 2.75) is 31.8 Å². The maximum Gasteiger partial charge on any atom is 0.407 e. The van der Waals surface area contributed by atoms with E-state index in [-0.39, 0.29) is 0 Å². The number of hydrogen-bond acceptors (Lipinski definition) is 4. The standard InChI is InChI=1S/C10H16N2O5/c1-6(11-10(16)17-2)8(13)12-5-3-4-7(12)9(14)15/h6-7H,3-5H2,1-2H3,(H,11,16)(H,14,15)/t6-,7-/m0/s1. The van der Waals surface area contributed by atoms with Crippen molar-refractivity contribution in [2.75, 3.05) is 13.7 Å². The van der Waals surface area contributed by atoms with Crippen LogP contribution in [0.2, 0.25) is 0 Å². The summed E-state index contributed by atoms with van der Waals surface area (Å²) < 4.78 is 4.37. The minimum Gasteiger partial charge on any atom is -0.480 e. The third-order valence-corrected chi connectivity index (χ3v) is 2.71. The molecule has 7 nitrogen and oxygen atoms in total. The normalized spacial score (nSPS) is 20.8. The summed E-state index contributed by atoms with van der Waals surface area (Å²) in [6.45, 7) is 1.90. The molecule has 1 aliphatic heterocycles. The van der Waals surface area contributed by atoms with Gasteiger partial charge in [0.15, 0.2) is 0 Å². The van der Waals surface area contributed by atoms with Gasteiger partial charge in [-0.3, -0.25) is 4.79 Å². The summed E-state index contributed by atoms with van der Waals surface area (Å²) in [4.78, 5) is 35.0. The number of carbonyl (C=O) groups excluding carboxylic acids is 2. The molecule has 0 spiro atoms. The summed E-state index contributed by atoms with van der Waals surface area (Å²) >= 11 is 0. The fourth-order valence-corrected chi connectivity index (χ4v) is 1.83. The highest BCUT2D eigenvalue weighted by Crippen LogP contribution is 2.18. The van der Waals surface area contributed by atoms with Crippen molar-refractivity contribution in [3.05, 3.63) is 0 Å². The lowest BCUT2D eigenvalue weighted by Crippen LogP contribution is -2.50. The summed E-state index contributed by atoms with van der Waals surface area (Å²) in [7, 11) is 1.20. The van der Waals surface area contributed by atoms with Gasteiger partial charge in [0.2, 0.25) is 5.91 Å². The van der Waals surface area contributed by atoms with Crippen LogP contribution in [0.1, 0.15) is 19.8 Å². The zero-order valence-electron chi connectivity index (χ0n) is 9.80. The second kappa shape index (κ2) is 5.51. The molecule has 1 fully saturated rings. The van der Waals surface area contributed by atoms with E-state index >= 15 is 0 Å². The number of aliphatic carboxylic acids is 1. The Kier molecular flexibility index (Phi) is 4.30. The number of hydrogen-bond donors (Lipinski definition) is 2. The highest BCUT2D eigenvalue weighted by Gasteiger charge is 2.36.